The van der Waals surface area contributed by atoms with E-state index in [9.17, 15) is 0 Å². The molecule has 1 aromatic carbocycles. The van der Waals surface area contributed by atoms with Gasteiger partial charge in [-0.3, -0.25) is 0 Å². The lowest BCUT2D eigenvalue weighted by molar-refractivity contribution is 0.398. The Morgan fingerprint density at radius 2 is 2.14 bits per heavy atom. The molecular formula is C12H16BrN. The molecule has 0 amide bonds. The largest absolute Gasteiger partial charge is 0.371 e. The molecule has 0 unspecified atom stereocenters. The van der Waals surface area contributed by atoms with Crippen LogP contribution in [-0.4, -0.2) is 13.1 Å². The average Bonchev–Trinajstić information content (AvgIpc) is 2.10. The smallest absolute Gasteiger partial charge is 0.0407 e. The number of nitrogens with zero attached hydrogens (tertiary/aromatic N) is 1. The fourth-order valence-electron chi connectivity index (χ4n) is 1.96. The molecule has 1 aliphatic heterocycles. The van der Waals surface area contributed by atoms with Crippen molar-refractivity contribution in [2.75, 3.05) is 18.0 Å². The van der Waals surface area contributed by atoms with Crippen molar-refractivity contribution in [1.29, 1.82) is 0 Å². The predicted octanol–water partition coefficient (Wildman–Crippen LogP) is 3.60. The third-order valence-electron chi connectivity index (χ3n) is 3.11. The summed E-state index contributed by atoms with van der Waals surface area (Å²) >= 11 is 3.57. The first-order valence-electron chi connectivity index (χ1n) is 5.22. The maximum Gasteiger partial charge on any atom is 0.0407 e. The molecule has 0 bridgehead atoms. The van der Waals surface area contributed by atoms with Crippen molar-refractivity contribution in [2.24, 2.45) is 5.92 Å². The van der Waals surface area contributed by atoms with Crippen molar-refractivity contribution < 1.29 is 0 Å². The first kappa shape index (κ1) is 10.0. The van der Waals surface area contributed by atoms with Gasteiger partial charge in [0.1, 0.15) is 0 Å². The van der Waals surface area contributed by atoms with Gasteiger partial charge in [0.05, 0.1) is 0 Å². The van der Waals surface area contributed by atoms with Gasteiger partial charge in [0.2, 0.25) is 0 Å². The highest BCUT2D eigenvalue weighted by atomic mass is 79.9. The molecule has 14 heavy (non-hydrogen) atoms. The Morgan fingerprint density at radius 1 is 1.43 bits per heavy atom. The van der Waals surface area contributed by atoms with Crippen LogP contribution in [-0.2, 0) is 0 Å². The quantitative estimate of drug-likeness (QED) is 0.779. The molecule has 0 radical (unpaired) electrons. The summed E-state index contributed by atoms with van der Waals surface area (Å²) in [6.45, 7) is 6.91. The monoisotopic (exact) mass is 253 g/mol. The van der Waals surface area contributed by atoms with E-state index in [1.54, 1.807) is 0 Å². The minimum absolute atomic E-state index is 0.911. The summed E-state index contributed by atoms with van der Waals surface area (Å²) in [5.41, 5.74) is 2.76. The molecule has 1 aliphatic rings. The van der Waals surface area contributed by atoms with Crippen molar-refractivity contribution in [2.45, 2.75) is 20.3 Å². The van der Waals surface area contributed by atoms with E-state index in [1.165, 1.54) is 35.2 Å². The molecule has 0 saturated carbocycles. The van der Waals surface area contributed by atoms with E-state index < -0.39 is 0 Å². The first-order valence-corrected chi connectivity index (χ1v) is 6.01. The van der Waals surface area contributed by atoms with Gasteiger partial charge in [-0.1, -0.05) is 28.9 Å². The van der Waals surface area contributed by atoms with Crippen LogP contribution in [0, 0.1) is 12.8 Å². The average molecular weight is 254 g/mol. The van der Waals surface area contributed by atoms with Crippen molar-refractivity contribution in [3.05, 3.63) is 28.2 Å². The molecule has 2 rings (SSSR count). The van der Waals surface area contributed by atoms with Crippen LogP contribution in [0.5, 0.6) is 0 Å². The third-order valence-corrected chi connectivity index (χ3v) is 3.97. The summed E-state index contributed by atoms with van der Waals surface area (Å²) in [4.78, 5) is 2.47. The predicted molar refractivity (Wildman–Crippen MR) is 64.9 cm³/mol. The normalized spacial score (nSPS) is 16.9. The van der Waals surface area contributed by atoms with Crippen LogP contribution in [0.25, 0.3) is 0 Å². The molecule has 1 nitrogen and oxygen atoms in total. The van der Waals surface area contributed by atoms with E-state index in [0.717, 1.165) is 5.92 Å². The van der Waals surface area contributed by atoms with E-state index in [1.807, 2.05) is 0 Å². The first-order chi connectivity index (χ1) is 6.72. The zero-order valence-electron chi connectivity index (χ0n) is 8.76. The molecule has 0 atom stereocenters. The van der Waals surface area contributed by atoms with Crippen LogP contribution in [0.3, 0.4) is 0 Å². The lowest BCUT2D eigenvalue weighted by Gasteiger charge is -2.41. The van der Waals surface area contributed by atoms with Gasteiger partial charge in [0.15, 0.2) is 0 Å². The maximum atomic E-state index is 3.57. The van der Waals surface area contributed by atoms with Gasteiger partial charge in [-0.25, -0.2) is 0 Å². The lowest BCUT2D eigenvalue weighted by Crippen LogP contribution is -2.46. The molecular weight excluding hydrogens is 238 g/mol. The minimum atomic E-state index is 0.911. The number of hydrogen-bond acceptors (Lipinski definition) is 1. The fourth-order valence-corrected chi connectivity index (χ4v) is 2.32. The molecule has 1 aromatic rings. The summed E-state index contributed by atoms with van der Waals surface area (Å²) < 4.78 is 1.22. The number of benzene rings is 1. The van der Waals surface area contributed by atoms with Crippen molar-refractivity contribution >= 4 is 21.6 Å². The van der Waals surface area contributed by atoms with Gasteiger partial charge >= 0.3 is 0 Å². The van der Waals surface area contributed by atoms with Gasteiger partial charge in [0.25, 0.3) is 0 Å². The molecule has 1 heterocycles. The number of rotatable bonds is 2. The van der Waals surface area contributed by atoms with Crippen LogP contribution in [0.2, 0.25) is 0 Å². The van der Waals surface area contributed by atoms with E-state index in [0.29, 0.717) is 0 Å². The summed E-state index contributed by atoms with van der Waals surface area (Å²) in [6, 6.07) is 6.44. The third kappa shape index (κ3) is 1.68. The maximum absolute atomic E-state index is 3.57. The van der Waals surface area contributed by atoms with Crippen LogP contribution in [0.4, 0.5) is 5.69 Å². The Balaban J connectivity index is 2.14. The molecule has 0 aromatic heterocycles. The molecule has 0 aliphatic carbocycles. The van der Waals surface area contributed by atoms with E-state index in [2.05, 4.69) is 52.9 Å². The zero-order chi connectivity index (χ0) is 10.1. The Labute approximate surface area is 94.2 Å². The lowest BCUT2D eigenvalue weighted by atomic mass is 9.96. The Hall–Kier alpha value is -0.500. The number of anilines is 1. The highest BCUT2D eigenvalue weighted by molar-refractivity contribution is 9.10. The topological polar surface area (TPSA) is 3.24 Å². The Kier molecular flexibility index (Phi) is 2.82. The number of halogens is 1. The summed E-state index contributed by atoms with van der Waals surface area (Å²) in [6.07, 6.45) is 1.31. The summed E-state index contributed by atoms with van der Waals surface area (Å²) in [5, 5.41) is 0. The fraction of sp³-hybridized carbons (Fsp3) is 0.500. The standard InChI is InChI=1S/C12H16BrN/c1-3-10-7-14(8-10)12-6-4-5-11(13)9(12)2/h4-6,10H,3,7-8H2,1-2H3. The second-order valence-electron chi connectivity index (χ2n) is 4.06. The van der Waals surface area contributed by atoms with Gasteiger partial charge in [0, 0.05) is 23.2 Å². The van der Waals surface area contributed by atoms with Gasteiger partial charge in [-0.15, -0.1) is 0 Å². The SMILES string of the molecule is CCC1CN(c2cccc(Br)c2C)C1. The van der Waals surface area contributed by atoms with Gasteiger partial charge in [-0.2, -0.15) is 0 Å². The highest BCUT2D eigenvalue weighted by Gasteiger charge is 2.26. The van der Waals surface area contributed by atoms with E-state index in [-0.39, 0.29) is 0 Å². The summed E-state index contributed by atoms with van der Waals surface area (Å²) in [7, 11) is 0. The van der Waals surface area contributed by atoms with Crippen LogP contribution in [0.15, 0.2) is 22.7 Å². The van der Waals surface area contributed by atoms with Crippen LogP contribution in [0.1, 0.15) is 18.9 Å². The molecule has 0 N–H and O–H groups in total. The van der Waals surface area contributed by atoms with Crippen LogP contribution >= 0.6 is 15.9 Å². The van der Waals surface area contributed by atoms with Crippen molar-refractivity contribution in [1.82, 2.24) is 0 Å². The number of hydrogen-bond donors (Lipinski definition) is 0. The molecule has 1 fully saturated rings. The van der Waals surface area contributed by atoms with Crippen LogP contribution < -0.4 is 4.90 Å². The highest BCUT2D eigenvalue weighted by Crippen LogP contribution is 2.32. The molecule has 76 valence electrons. The minimum Gasteiger partial charge on any atom is -0.371 e. The van der Waals surface area contributed by atoms with E-state index in [4.69, 9.17) is 0 Å². The second kappa shape index (κ2) is 3.93. The Morgan fingerprint density at radius 3 is 2.79 bits per heavy atom. The molecule has 0 spiro atoms. The van der Waals surface area contributed by atoms with E-state index >= 15 is 0 Å². The van der Waals surface area contributed by atoms with Crippen molar-refractivity contribution in [3.8, 4) is 0 Å². The second-order valence-corrected chi connectivity index (χ2v) is 4.92. The summed E-state index contributed by atoms with van der Waals surface area (Å²) in [5.74, 6) is 0.911. The zero-order valence-corrected chi connectivity index (χ0v) is 10.3. The van der Waals surface area contributed by atoms with Crippen molar-refractivity contribution in [3.63, 3.8) is 0 Å². The molecule has 2 heteroatoms. The molecule has 1 saturated heterocycles. The van der Waals surface area contributed by atoms with Gasteiger partial charge < -0.3 is 4.90 Å². The van der Waals surface area contributed by atoms with Gasteiger partial charge in [-0.05, 0) is 37.0 Å². The Bertz CT molecular complexity index is 329.